The first kappa shape index (κ1) is 29.4. The molecule has 0 fully saturated rings. The molecule has 1 aromatic heterocycles. The van der Waals surface area contributed by atoms with E-state index in [0.29, 0.717) is 34.4 Å². The van der Waals surface area contributed by atoms with Gasteiger partial charge in [0.25, 0.3) is 0 Å². The van der Waals surface area contributed by atoms with Crippen LogP contribution >= 0.6 is 12.2 Å². The van der Waals surface area contributed by atoms with Gasteiger partial charge in [-0.15, -0.1) is 18.3 Å². The second kappa shape index (κ2) is 12.7. The van der Waals surface area contributed by atoms with E-state index in [9.17, 15) is 18.0 Å². The topological polar surface area (TPSA) is 93.4 Å². The van der Waals surface area contributed by atoms with E-state index in [4.69, 9.17) is 12.2 Å². The summed E-state index contributed by atoms with van der Waals surface area (Å²) in [5.74, 6) is 0.0439. The summed E-state index contributed by atoms with van der Waals surface area (Å²) < 4.78 is 42.7. The van der Waals surface area contributed by atoms with E-state index in [1.165, 1.54) is 29.3 Å². The van der Waals surface area contributed by atoms with Crippen molar-refractivity contribution in [2.45, 2.75) is 39.5 Å². The quantitative estimate of drug-likeness (QED) is 0.135. The number of ether oxygens (including phenoxy) is 1. The lowest BCUT2D eigenvalue weighted by Gasteiger charge is -2.12. The molecule has 41 heavy (non-hydrogen) atoms. The predicted molar refractivity (Wildman–Crippen MR) is 155 cm³/mol. The fraction of sp³-hybridized carbons (Fsp3) is 0.207. The number of carbonyl (C=O) groups excluding carboxylic acids is 1. The first-order valence-electron chi connectivity index (χ1n) is 12.6. The molecule has 1 amide bonds. The summed E-state index contributed by atoms with van der Waals surface area (Å²) in [6, 6.07) is 20.5. The summed E-state index contributed by atoms with van der Waals surface area (Å²) in [6.07, 6.45) is -2.57. The normalized spacial score (nSPS) is 11.6. The fourth-order valence-corrected chi connectivity index (χ4v) is 4.22. The molecule has 0 saturated carbocycles. The maximum atomic E-state index is 12.5. The summed E-state index contributed by atoms with van der Waals surface area (Å²) in [5, 5.41) is 11.3. The van der Waals surface area contributed by atoms with Crippen molar-refractivity contribution >= 4 is 35.3 Å². The van der Waals surface area contributed by atoms with Crippen molar-refractivity contribution in [1.82, 2.24) is 20.2 Å². The third-order valence-corrected chi connectivity index (χ3v) is 6.05. The molecule has 0 unspecified atom stereocenters. The lowest BCUT2D eigenvalue weighted by molar-refractivity contribution is -0.274. The molecule has 0 aliphatic rings. The van der Waals surface area contributed by atoms with E-state index in [1.807, 2.05) is 24.3 Å². The smallest absolute Gasteiger partial charge is 0.406 e. The van der Waals surface area contributed by atoms with E-state index in [2.05, 4.69) is 56.6 Å². The Balaban J connectivity index is 1.45. The average Bonchev–Trinajstić information content (AvgIpc) is 3.32. The van der Waals surface area contributed by atoms with Crippen LogP contribution in [0.25, 0.3) is 17.1 Å². The van der Waals surface area contributed by atoms with Crippen molar-refractivity contribution in [3.8, 4) is 22.8 Å². The molecular weight excluding hydrogens is 553 g/mol. The summed E-state index contributed by atoms with van der Waals surface area (Å²) in [7, 11) is 0. The molecule has 4 aromatic rings. The van der Waals surface area contributed by atoms with Gasteiger partial charge in [0.05, 0.1) is 11.9 Å². The molecule has 212 valence electrons. The molecule has 0 bridgehead atoms. The van der Waals surface area contributed by atoms with E-state index in [-0.39, 0.29) is 17.6 Å². The fourth-order valence-electron chi connectivity index (χ4n) is 4.01. The summed E-state index contributed by atoms with van der Waals surface area (Å²) in [6.45, 7) is 5.61. The van der Waals surface area contributed by atoms with Gasteiger partial charge in [-0.2, -0.15) is 14.8 Å². The number of thiocarbonyl (C=S) groups is 1. The molecule has 12 heteroatoms. The molecule has 1 heterocycles. The van der Waals surface area contributed by atoms with Crippen LogP contribution in [0.4, 0.5) is 19.1 Å². The Labute approximate surface area is 240 Å². The summed E-state index contributed by atoms with van der Waals surface area (Å²) >= 11 is 5.47. The van der Waals surface area contributed by atoms with Crippen LogP contribution in [0.2, 0.25) is 0 Å². The van der Waals surface area contributed by atoms with Crippen molar-refractivity contribution in [2.24, 2.45) is 5.10 Å². The number of nitrogens with one attached hydrogen (secondary N) is 2. The third kappa shape index (κ3) is 8.21. The zero-order valence-electron chi connectivity index (χ0n) is 22.4. The van der Waals surface area contributed by atoms with Gasteiger partial charge in [0, 0.05) is 18.9 Å². The zero-order chi connectivity index (χ0) is 29.6. The van der Waals surface area contributed by atoms with Gasteiger partial charge in [-0.05, 0) is 46.9 Å². The first-order valence-corrected chi connectivity index (χ1v) is 13.0. The number of anilines is 1. The van der Waals surface area contributed by atoms with Crippen molar-refractivity contribution < 1.29 is 22.7 Å². The van der Waals surface area contributed by atoms with Crippen LogP contribution in [0.1, 0.15) is 43.4 Å². The monoisotopic (exact) mass is 580 g/mol. The number of aromatic nitrogens is 3. The molecule has 2 N–H and O–H groups in total. The van der Waals surface area contributed by atoms with Gasteiger partial charge in [-0.25, -0.2) is 0 Å². The Hall–Kier alpha value is -4.58. The van der Waals surface area contributed by atoms with Gasteiger partial charge >= 0.3 is 6.36 Å². The number of hydrazone groups is 1. The molecule has 0 atom stereocenters. The third-order valence-electron chi connectivity index (χ3n) is 5.81. The SMILES string of the molecule is CC(=O)Nc1nc(-c2ccc(C=NNC(=S)Cc3ccccc3C(C)C)cc2)nn1-c1ccc(OC(F)(F)F)cc1. The van der Waals surface area contributed by atoms with Crippen molar-refractivity contribution in [1.29, 1.82) is 0 Å². The van der Waals surface area contributed by atoms with E-state index in [0.717, 1.165) is 23.3 Å². The van der Waals surface area contributed by atoms with Crippen LogP contribution in [0.3, 0.4) is 0 Å². The Morgan fingerprint density at radius 3 is 2.39 bits per heavy atom. The van der Waals surface area contributed by atoms with E-state index >= 15 is 0 Å². The summed E-state index contributed by atoms with van der Waals surface area (Å²) in [4.78, 5) is 16.7. The number of carbonyl (C=O) groups is 1. The standard InChI is InChI=1S/C29H27F3N6O2S/c1-18(2)25-7-5-4-6-22(25)16-26(41)36-33-17-20-8-10-21(11-9-20)27-35-28(34-19(3)39)38(37-27)23-12-14-24(15-13-23)40-29(30,31)32/h4-15,17-18H,16H2,1-3H3,(H,36,41)(H,34,35,37,39). The number of amides is 1. The van der Waals surface area contributed by atoms with Gasteiger partial charge in [0.15, 0.2) is 5.82 Å². The maximum absolute atomic E-state index is 12.5. The van der Waals surface area contributed by atoms with Crippen molar-refractivity contribution in [3.05, 3.63) is 89.5 Å². The minimum atomic E-state index is -4.80. The Bertz CT molecular complexity index is 1550. The highest BCUT2D eigenvalue weighted by atomic mass is 32.1. The number of hydrogen-bond donors (Lipinski definition) is 2. The number of nitrogens with zero attached hydrogens (tertiary/aromatic N) is 4. The molecular formula is C29H27F3N6O2S. The van der Waals surface area contributed by atoms with Crippen LogP contribution in [0.15, 0.2) is 77.9 Å². The van der Waals surface area contributed by atoms with E-state index < -0.39 is 6.36 Å². The minimum Gasteiger partial charge on any atom is -0.406 e. The second-order valence-corrected chi connectivity index (χ2v) is 9.83. The molecule has 3 aromatic carbocycles. The highest BCUT2D eigenvalue weighted by Gasteiger charge is 2.31. The number of halogens is 3. The number of alkyl halides is 3. The van der Waals surface area contributed by atoms with Gasteiger partial charge in [-0.3, -0.25) is 15.5 Å². The molecule has 4 rings (SSSR count). The van der Waals surface area contributed by atoms with Crippen LogP contribution < -0.4 is 15.5 Å². The number of hydrogen-bond acceptors (Lipinski definition) is 6. The van der Waals surface area contributed by atoms with Crippen LogP contribution in [-0.2, 0) is 11.2 Å². The lowest BCUT2D eigenvalue weighted by atomic mass is 9.95. The number of benzene rings is 3. The largest absolute Gasteiger partial charge is 0.573 e. The van der Waals surface area contributed by atoms with Gasteiger partial charge in [0.1, 0.15) is 10.7 Å². The Morgan fingerprint density at radius 1 is 1.07 bits per heavy atom. The van der Waals surface area contributed by atoms with Crippen LogP contribution in [0, 0.1) is 0 Å². The number of rotatable bonds is 9. The maximum Gasteiger partial charge on any atom is 0.573 e. The highest BCUT2D eigenvalue weighted by Crippen LogP contribution is 2.26. The average molecular weight is 581 g/mol. The van der Waals surface area contributed by atoms with E-state index in [1.54, 1.807) is 18.3 Å². The lowest BCUT2D eigenvalue weighted by Crippen LogP contribution is -2.18. The molecule has 0 saturated heterocycles. The predicted octanol–water partition coefficient (Wildman–Crippen LogP) is 6.41. The van der Waals surface area contributed by atoms with Crippen molar-refractivity contribution in [2.75, 3.05) is 5.32 Å². The highest BCUT2D eigenvalue weighted by molar-refractivity contribution is 7.80. The van der Waals surface area contributed by atoms with Gasteiger partial charge in [-0.1, -0.05) is 74.6 Å². The Kier molecular flexibility index (Phi) is 9.13. The molecule has 0 spiro atoms. The minimum absolute atomic E-state index is 0.111. The molecule has 8 nitrogen and oxygen atoms in total. The van der Waals surface area contributed by atoms with Crippen LogP contribution in [0.5, 0.6) is 5.75 Å². The van der Waals surface area contributed by atoms with Gasteiger partial charge in [0.2, 0.25) is 11.9 Å². The van der Waals surface area contributed by atoms with Gasteiger partial charge < -0.3 is 4.74 Å². The Morgan fingerprint density at radius 2 is 1.76 bits per heavy atom. The first-order chi connectivity index (χ1) is 19.5. The summed E-state index contributed by atoms with van der Waals surface area (Å²) in [5.41, 5.74) is 7.16. The van der Waals surface area contributed by atoms with Crippen molar-refractivity contribution in [3.63, 3.8) is 0 Å². The molecule has 0 aliphatic carbocycles. The zero-order valence-corrected chi connectivity index (χ0v) is 23.3. The second-order valence-electron chi connectivity index (χ2n) is 9.34. The molecule has 0 aliphatic heterocycles. The van der Waals surface area contributed by atoms with Crippen LogP contribution in [-0.4, -0.2) is 38.2 Å². The molecule has 0 radical (unpaired) electrons.